The van der Waals surface area contributed by atoms with Crippen molar-refractivity contribution in [3.05, 3.63) is 82.2 Å². The number of carbonyl (C=O) groups is 1. The van der Waals surface area contributed by atoms with Crippen molar-refractivity contribution in [3.8, 4) is 11.5 Å². The third kappa shape index (κ3) is 4.30. The van der Waals surface area contributed by atoms with Gasteiger partial charge in [0.25, 0.3) is 5.91 Å². The fourth-order valence-electron chi connectivity index (χ4n) is 2.57. The fraction of sp³-hybridized carbons (Fsp3) is 0.158. The van der Waals surface area contributed by atoms with Crippen LogP contribution >= 0.6 is 0 Å². The summed E-state index contributed by atoms with van der Waals surface area (Å²) in [4.78, 5) is 22.8. The minimum atomic E-state index is -0.623. The number of para-hydroxylation sites is 1. The number of nitro groups is 1. The maximum absolute atomic E-state index is 12.4. The molecule has 0 saturated carbocycles. The first kappa shape index (κ1) is 18.1. The molecule has 0 radical (unpaired) electrons. The molecule has 27 heavy (non-hydrogen) atoms. The summed E-state index contributed by atoms with van der Waals surface area (Å²) in [5.41, 5.74) is 0.300. The van der Waals surface area contributed by atoms with E-state index in [2.05, 4.69) is 10.4 Å². The molecule has 0 aliphatic heterocycles. The topological polar surface area (TPSA) is 99.3 Å². The molecular formula is C19H18N4O4. The normalized spacial score (nSPS) is 11.6. The van der Waals surface area contributed by atoms with E-state index in [1.807, 2.05) is 42.5 Å². The Morgan fingerprint density at radius 3 is 2.41 bits per heavy atom. The van der Waals surface area contributed by atoms with Crippen LogP contribution in [0.25, 0.3) is 0 Å². The van der Waals surface area contributed by atoms with Gasteiger partial charge in [0, 0.05) is 7.05 Å². The van der Waals surface area contributed by atoms with Crippen LogP contribution in [0.1, 0.15) is 29.0 Å². The molecule has 1 N–H and O–H groups in total. The minimum absolute atomic E-state index is 0.210. The molecule has 1 amide bonds. The van der Waals surface area contributed by atoms with E-state index in [9.17, 15) is 14.9 Å². The van der Waals surface area contributed by atoms with Gasteiger partial charge in [-0.05, 0) is 36.8 Å². The fourth-order valence-corrected chi connectivity index (χ4v) is 2.57. The molecule has 3 aromatic rings. The van der Waals surface area contributed by atoms with Crippen molar-refractivity contribution in [1.29, 1.82) is 0 Å². The lowest BCUT2D eigenvalue weighted by Crippen LogP contribution is -2.27. The van der Waals surface area contributed by atoms with Gasteiger partial charge in [-0.15, -0.1) is 0 Å². The maximum Gasteiger partial charge on any atom is 0.320 e. The Bertz CT molecular complexity index is 952. The van der Waals surface area contributed by atoms with Crippen LogP contribution in [0.15, 0.2) is 60.8 Å². The molecule has 138 valence electrons. The molecule has 1 aromatic heterocycles. The zero-order valence-corrected chi connectivity index (χ0v) is 14.8. The molecule has 1 heterocycles. The van der Waals surface area contributed by atoms with Crippen LogP contribution < -0.4 is 10.1 Å². The van der Waals surface area contributed by atoms with Crippen LogP contribution in [-0.2, 0) is 7.05 Å². The van der Waals surface area contributed by atoms with Gasteiger partial charge in [-0.1, -0.05) is 30.3 Å². The number of carbonyl (C=O) groups excluding carboxylic acids is 1. The molecule has 0 fully saturated rings. The SMILES string of the molecule is C[C@@H](NC(=O)c1nn(C)cc1[N+](=O)[O-])c1ccc(Oc2ccccc2)cc1. The van der Waals surface area contributed by atoms with E-state index in [1.54, 1.807) is 19.1 Å². The first-order valence-corrected chi connectivity index (χ1v) is 8.26. The van der Waals surface area contributed by atoms with Crippen molar-refractivity contribution < 1.29 is 14.5 Å². The van der Waals surface area contributed by atoms with Crippen LogP contribution in [0.5, 0.6) is 11.5 Å². The molecule has 2 aromatic carbocycles. The Morgan fingerprint density at radius 2 is 1.78 bits per heavy atom. The maximum atomic E-state index is 12.4. The standard InChI is InChI=1S/C19H18N4O4/c1-13(20-19(24)18-17(23(25)26)12-22(2)21-18)14-8-10-16(11-9-14)27-15-6-4-3-5-7-15/h3-13H,1-2H3,(H,20,24)/t13-/m1/s1. The van der Waals surface area contributed by atoms with Crippen molar-refractivity contribution >= 4 is 11.6 Å². The van der Waals surface area contributed by atoms with Gasteiger partial charge in [0.15, 0.2) is 0 Å². The molecule has 8 nitrogen and oxygen atoms in total. The van der Waals surface area contributed by atoms with E-state index in [1.165, 1.54) is 17.9 Å². The number of aromatic nitrogens is 2. The summed E-state index contributed by atoms with van der Waals surface area (Å²) in [5, 5.41) is 17.7. The highest BCUT2D eigenvalue weighted by Gasteiger charge is 2.26. The van der Waals surface area contributed by atoms with Crippen molar-refractivity contribution in [3.63, 3.8) is 0 Å². The molecule has 0 unspecified atom stereocenters. The van der Waals surface area contributed by atoms with Crippen LogP contribution in [0.3, 0.4) is 0 Å². The van der Waals surface area contributed by atoms with E-state index < -0.39 is 10.8 Å². The Labute approximate surface area is 155 Å². The summed E-state index contributed by atoms with van der Waals surface area (Å²) in [6, 6.07) is 16.3. The van der Waals surface area contributed by atoms with E-state index in [4.69, 9.17) is 4.74 Å². The van der Waals surface area contributed by atoms with Crippen LogP contribution in [0, 0.1) is 10.1 Å². The van der Waals surface area contributed by atoms with E-state index in [0.29, 0.717) is 5.75 Å². The first-order chi connectivity index (χ1) is 12.9. The number of nitrogens with zero attached hydrogens (tertiary/aromatic N) is 3. The van der Waals surface area contributed by atoms with Gasteiger partial charge in [0.05, 0.1) is 11.0 Å². The van der Waals surface area contributed by atoms with E-state index in [0.717, 1.165) is 11.3 Å². The summed E-state index contributed by atoms with van der Waals surface area (Å²) in [7, 11) is 1.53. The summed E-state index contributed by atoms with van der Waals surface area (Å²) >= 11 is 0. The van der Waals surface area contributed by atoms with Gasteiger partial charge < -0.3 is 10.1 Å². The number of aryl methyl sites for hydroxylation is 1. The molecule has 0 bridgehead atoms. The zero-order chi connectivity index (χ0) is 19.4. The zero-order valence-electron chi connectivity index (χ0n) is 14.8. The molecule has 0 spiro atoms. The summed E-state index contributed by atoms with van der Waals surface area (Å²) in [6.45, 7) is 1.79. The molecule has 0 aliphatic rings. The van der Waals surface area contributed by atoms with Crippen LogP contribution in [-0.4, -0.2) is 20.6 Å². The van der Waals surface area contributed by atoms with Crippen LogP contribution in [0.2, 0.25) is 0 Å². The van der Waals surface area contributed by atoms with Gasteiger partial charge in [-0.2, -0.15) is 5.10 Å². The van der Waals surface area contributed by atoms with Gasteiger partial charge in [-0.25, -0.2) is 0 Å². The summed E-state index contributed by atoms with van der Waals surface area (Å²) < 4.78 is 6.98. The quantitative estimate of drug-likeness (QED) is 0.531. The van der Waals surface area contributed by atoms with Gasteiger partial charge in [0.2, 0.25) is 5.69 Å². The van der Waals surface area contributed by atoms with Crippen molar-refractivity contribution in [2.24, 2.45) is 7.05 Å². The number of amides is 1. The number of ether oxygens (including phenoxy) is 1. The van der Waals surface area contributed by atoms with Gasteiger partial charge in [-0.3, -0.25) is 19.6 Å². The number of benzene rings is 2. The highest BCUT2D eigenvalue weighted by molar-refractivity contribution is 5.96. The Kier molecular flexibility index (Phi) is 5.16. The van der Waals surface area contributed by atoms with Gasteiger partial charge in [0.1, 0.15) is 17.7 Å². The lowest BCUT2D eigenvalue weighted by Gasteiger charge is -2.14. The first-order valence-electron chi connectivity index (χ1n) is 8.26. The predicted octanol–water partition coefficient (Wildman–Crippen LogP) is 3.61. The highest BCUT2D eigenvalue weighted by atomic mass is 16.6. The molecular weight excluding hydrogens is 348 g/mol. The summed E-state index contributed by atoms with van der Waals surface area (Å²) in [6.07, 6.45) is 1.20. The third-order valence-electron chi connectivity index (χ3n) is 3.93. The van der Waals surface area contributed by atoms with Crippen LogP contribution in [0.4, 0.5) is 5.69 Å². The molecule has 8 heteroatoms. The molecule has 0 aliphatic carbocycles. The largest absolute Gasteiger partial charge is 0.457 e. The smallest absolute Gasteiger partial charge is 0.320 e. The molecule has 1 atom stereocenters. The average Bonchev–Trinajstić information content (AvgIpc) is 3.05. The van der Waals surface area contributed by atoms with Crippen molar-refractivity contribution in [2.45, 2.75) is 13.0 Å². The monoisotopic (exact) mass is 366 g/mol. The summed E-state index contributed by atoms with van der Waals surface area (Å²) in [5.74, 6) is 0.803. The Morgan fingerprint density at radius 1 is 1.15 bits per heavy atom. The molecule has 3 rings (SSSR count). The number of rotatable bonds is 6. The minimum Gasteiger partial charge on any atom is -0.457 e. The second-order valence-corrected chi connectivity index (χ2v) is 5.97. The Hall–Kier alpha value is -3.68. The van der Waals surface area contributed by atoms with E-state index in [-0.39, 0.29) is 17.4 Å². The number of nitrogens with one attached hydrogen (secondary N) is 1. The lowest BCUT2D eigenvalue weighted by molar-refractivity contribution is -0.385. The molecule has 0 saturated heterocycles. The van der Waals surface area contributed by atoms with Gasteiger partial charge >= 0.3 is 5.69 Å². The highest BCUT2D eigenvalue weighted by Crippen LogP contribution is 2.24. The number of hydrogen-bond donors (Lipinski definition) is 1. The Balaban J connectivity index is 1.68. The lowest BCUT2D eigenvalue weighted by atomic mass is 10.1. The van der Waals surface area contributed by atoms with Crippen molar-refractivity contribution in [2.75, 3.05) is 0 Å². The second-order valence-electron chi connectivity index (χ2n) is 5.97. The van der Waals surface area contributed by atoms with Crippen molar-refractivity contribution in [1.82, 2.24) is 15.1 Å². The third-order valence-corrected chi connectivity index (χ3v) is 3.93. The van der Waals surface area contributed by atoms with E-state index >= 15 is 0 Å². The average molecular weight is 366 g/mol. The number of hydrogen-bond acceptors (Lipinski definition) is 5. The second kappa shape index (κ2) is 7.69. The predicted molar refractivity (Wildman–Crippen MR) is 98.7 cm³/mol.